The molecule has 1 aliphatic carbocycles. The molecule has 3 rings (SSSR count). The van der Waals surface area contributed by atoms with Crippen molar-refractivity contribution in [3.63, 3.8) is 0 Å². The van der Waals surface area contributed by atoms with Gasteiger partial charge in [0.25, 0.3) is 5.91 Å². The lowest BCUT2D eigenvalue weighted by Crippen LogP contribution is -2.33. The Morgan fingerprint density at radius 3 is 2.52 bits per heavy atom. The van der Waals surface area contributed by atoms with Gasteiger partial charge in [0, 0.05) is 11.1 Å². The maximum Gasteiger partial charge on any atom is 0.272 e. The summed E-state index contributed by atoms with van der Waals surface area (Å²) in [5.41, 5.74) is 0.984. The molecule has 1 aromatic carbocycles. The number of hydrogen-bond acceptors (Lipinski definition) is 4. The number of hydrogen-bond donors (Lipinski definition) is 2. The quantitative estimate of drug-likeness (QED) is 0.866. The Kier molecular flexibility index (Phi) is 4.98. The Hall–Kier alpha value is -1.85. The fourth-order valence-electron chi connectivity index (χ4n) is 2.58. The predicted octanol–water partition coefficient (Wildman–Crippen LogP) is 4.20. The van der Waals surface area contributed by atoms with Gasteiger partial charge in [0.2, 0.25) is 0 Å². The third kappa shape index (κ3) is 4.12. The van der Waals surface area contributed by atoms with Crippen LogP contribution in [-0.4, -0.2) is 22.1 Å². The van der Waals surface area contributed by atoms with Crippen molar-refractivity contribution in [2.45, 2.75) is 31.7 Å². The maximum absolute atomic E-state index is 12.1. The molecule has 2 aromatic rings. The smallest absolute Gasteiger partial charge is 0.272 e. The lowest BCUT2D eigenvalue weighted by molar-refractivity contribution is 0.0932. The van der Waals surface area contributed by atoms with E-state index in [-0.39, 0.29) is 11.9 Å². The van der Waals surface area contributed by atoms with Gasteiger partial charge in [-0.3, -0.25) is 4.79 Å². The minimum atomic E-state index is -0.180. The molecule has 0 bridgehead atoms. The minimum Gasteiger partial charge on any atom is -0.348 e. The van der Waals surface area contributed by atoms with Crippen molar-refractivity contribution in [2.24, 2.45) is 0 Å². The average Bonchev–Trinajstić information content (AvgIpc) is 3.04. The normalized spacial score (nSPS) is 14.7. The first-order valence-corrected chi connectivity index (χ1v) is 8.24. The zero-order chi connectivity index (χ0) is 16.2. The van der Waals surface area contributed by atoms with E-state index in [9.17, 15) is 4.79 Å². The molecule has 1 heterocycles. The molecule has 120 valence electrons. The Labute approximate surface area is 144 Å². The van der Waals surface area contributed by atoms with Crippen LogP contribution in [0.5, 0.6) is 0 Å². The summed E-state index contributed by atoms with van der Waals surface area (Å²) in [6.45, 7) is 0. The SMILES string of the molecule is O=C(NC1CCCC1)c1ccc(Nc2ccc(Cl)cc2Cl)nn1. The molecule has 5 nitrogen and oxygen atoms in total. The van der Waals surface area contributed by atoms with E-state index in [1.165, 1.54) is 12.8 Å². The summed E-state index contributed by atoms with van der Waals surface area (Å²) in [7, 11) is 0. The van der Waals surface area contributed by atoms with Crippen molar-refractivity contribution >= 4 is 40.6 Å². The molecule has 1 saturated carbocycles. The molecule has 7 heteroatoms. The molecule has 0 saturated heterocycles. The van der Waals surface area contributed by atoms with Crippen molar-refractivity contribution in [1.82, 2.24) is 15.5 Å². The standard InChI is InChI=1S/C16H16Cl2N4O/c17-10-5-6-13(12(18)9-10)20-15-8-7-14(21-22-15)16(23)19-11-3-1-2-4-11/h5-9,11H,1-4H2,(H,19,23)(H,20,22). The maximum atomic E-state index is 12.1. The molecule has 0 unspecified atom stereocenters. The minimum absolute atomic E-state index is 0.180. The lowest BCUT2D eigenvalue weighted by atomic mass is 10.2. The second kappa shape index (κ2) is 7.15. The van der Waals surface area contributed by atoms with E-state index in [0.29, 0.717) is 27.2 Å². The molecular weight excluding hydrogens is 335 g/mol. The van der Waals surface area contributed by atoms with Crippen molar-refractivity contribution in [2.75, 3.05) is 5.32 Å². The second-order valence-electron chi connectivity index (χ2n) is 5.51. The molecule has 0 atom stereocenters. The number of aromatic nitrogens is 2. The number of nitrogens with zero attached hydrogens (tertiary/aromatic N) is 2. The molecule has 1 aliphatic rings. The van der Waals surface area contributed by atoms with Crippen LogP contribution in [0.3, 0.4) is 0 Å². The third-order valence-corrected chi connectivity index (χ3v) is 4.33. The number of nitrogens with one attached hydrogen (secondary N) is 2. The van der Waals surface area contributed by atoms with Crippen LogP contribution in [0.4, 0.5) is 11.5 Å². The van der Waals surface area contributed by atoms with E-state index in [2.05, 4.69) is 20.8 Å². The van der Waals surface area contributed by atoms with Crippen LogP contribution in [0, 0.1) is 0 Å². The van der Waals surface area contributed by atoms with Gasteiger partial charge in [0.05, 0.1) is 10.7 Å². The highest BCUT2D eigenvalue weighted by Gasteiger charge is 2.18. The molecule has 1 aromatic heterocycles. The van der Waals surface area contributed by atoms with Gasteiger partial charge in [-0.15, -0.1) is 10.2 Å². The van der Waals surface area contributed by atoms with Gasteiger partial charge in [-0.05, 0) is 43.2 Å². The Bertz CT molecular complexity index is 700. The van der Waals surface area contributed by atoms with Crippen LogP contribution in [-0.2, 0) is 0 Å². The average molecular weight is 351 g/mol. The van der Waals surface area contributed by atoms with Crippen LogP contribution in [0.1, 0.15) is 36.2 Å². The molecule has 0 aliphatic heterocycles. The van der Waals surface area contributed by atoms with Gasteiger partial charge in [0.15, 0.2) is 11.5 Å². The number of benzene rings is 1. The summed E-state index contributed by atoms with van der Waals surface area (Å²) < 4.78 is 0. The first-order valence-electron chi connectivity index (χ1n) is 7.48. The molecule has 1 fully saturated rings. The van der Waals surface area contributed by atoms with Gasteiger partial charge in [-0.25, -0.2) is 0 Å². The number of halogens is 2. The van der Waals surface area contributed by atoms with Crippen molar-refractivity contribution in [1.29, 1.82) is 0 Å². The van der Waals surface area contributed by atoms with Crippen molar-refractivity contribution in [3.8, 4) is 0 Å². The number of rotatable bonds is 4. The van der Waals surface area contributed by atoms with Gasteiger partial charge in [0.1, 0.15) is 0 Å². The molecular formula is C16H16Cl2N4O. The number of amides is 1. The van der Waals surface area contributed by atoms with Gasteiger partial charge >= 0.3 is 0 Å². The fourth-order valence-corrected chi connectivity index (χ4v) is 3.03. The fraction of sp³-hybridized carbons (Fsp3) is 0.312. The Morgan fingerprint density at radius 1 is 1.09 bits per heavy atom. The van der Waals surface area contributed by atoms with E-state index in [4.69, 9.17) is 23.2 Å². The number of carbonyl (C=O) groups is 1. The molecule has 0 radical (unpaired) electrons. The third-order valence-electron chi connectivity index (χ3n) is 3.78. The van der Waals surface area contributed by atoms with Crippen LogP contribution in [0.15, 0.2) is 30.3 Å². The van der Waals surface area contributed by atoms with Gasteiger partial charge in [-0.1, -0.05) is 36.0 Å². The van der Waals surface area contributed by atoms with E-state index in [1.54, 1.807) is 30.3 Å². The van der Waals surface area contributed by atoms with Crippen LogP contribution in [0.2, 0.25) is 10.0 Å². The zero-order valence-corrected chi connectivity index (χ0v) is 13.9. The molecule has 23 heavy (non-hydrogen) atoms. The first-order chi connectivity index (χ1) is 11.1. The van der Waals surface area contributed by atoms with E-state index in [0.717, 1.165) is 12.8 Å². The van der Waals surface area contributed by atoms with Gasteiger partial charge < -0.3 is 10.6 Å². The van der Waals surface area contributed by atoms with E-state index >= 15 is 0 Å². The first kappa shape index (κ1) is 16.0. The van der Waals surface area contributed by atoms with Crippen molar-refractivity contribution < 1.29 is 4.79 Å². The predicted molar refractivity (Wildman–Crippen MR) is 91.5 cm³/mol. The Morgan fingerprint density at radius 2 is 1.87 bits per heavy atom. The topological polar surface area (TPSA) is 66.9 Å². The monoisotopic (exact) mass is 350 g/mol. The van der Waals surface area contributed by atoms with E-state index in [1.807, 2.05) is 0 Å². The van der Waals surface area contributed by atoms with Crippen LogP contribution >= 0.6 is 23.2 Å². The number of carbonyl (C=O) groups excluding carboxylic acids is 1. The largest absolute Gasteiger partial charge is 0.348 e. The molecule has 1 amide bonds. The summed E-state index contributed by atoms with van der Waals surface area (Å²) in [4.78, 5) is 12.1. The summed E-state index contributed by atoms with van der Waals surface area (Å²) in [5, 5.41) is 15.1. The summed E-state index contributed by atoms with van der Waals surface area (Å²) in [6.07, 6.45) is 4.41. The highest BCUT2D eigenvalue weighted by Crippen LogP contribution is 2.27. The number of anilines is 2. The summed E-state index contributed by atoms with van der Waals surface area (Å²) in [6, 6.07) is 8.72. The van der Waals surface area contributed by atoms with Crippen LogP contribution in [0.25, 0.3) is 0 Å². The summed E-state index contributed by atoms with van der Waals surface area (Å²) >= 11 is 12.0. The van der Waals surface area contributed by atoms with Gasteiger partial charge in [-0.2, -0.15) is 0 Å². The summed E-state index contributed by atoms with van der Waals surface area (Å²) in [5.74, 6) is 0.326. The highest BCUT2D eigenvalue weighted by molar-refractivity contribution is 6.36. The highest BCUT2D eigenvalue weighted by atomic mass is 35.5. The zero-order valence-electron chi connectivity index (χ0n) is 12.4. The Balaban J connectivity index is 1.65. The molecule has 2 N–H and O–H groups in total. The molecule has 0 spiro atoms. The lowest BCUT2D eigenvalue weighted by Gasteiger charge is -2.11. The van der Waals surface area contributed by atoms with Crippen LogP contribution < -0.4 is 10.6 Å². The van der Waals surface area contributed by atoms with E-state index < -0.39 is 0 Å². The van der Waals surface area contributed by atoms with Crippen molar-refractivity contribution in [3.05, 3.63) is 46.1 Å². The second-order valence-corrected chi connectivity index (χ2v) is 6.35.